The van der Waals surface area contributed by atoms with Crippen molar-refractivity contribution < 1.29 is 17.5 Å². The minimum Gasteiger partial charge on any atom is -0.494 e. The highest BCUT2D eigenvalue weighted by Crippen LogP contribution is 2.23. The molecule has 24 heavy (non-hydrogen) atoms. The smallest absolute Gasteiger partial charge is 0.240 e. The van der Waals surface area contributed by atoms with Gasteiger partial charge in [-0.3, -0.25) is 0 Å². The lowest BCUT2D eigenvalue weighted by Gasteiger charge is -2.27. The second-order valence-electron chi connectivity index (χ2n) is 5.60. The van der Waals surface area contributed by atoms with Crippen molar-refractivity contribution >= 4 is 10.0 Å². The predicted octanol–water partition coefficient (Wildman–Crippen LogP) is 2.00. The minimum absolute atomic E-state index is 0.0109. The summed E-state index contributed by atoms with van der Waals surface area (Å²) in [6, 6.07) is 11.4. The lowest BCUT2D eigenvalue weighted by Crippen LogP contribution is -2.38. The van der Waals surface area contributed by atoms with Crippen molar-refractivity contribution in [1.82, 2.24) is 10.0 Å². The number of fused-ring (bicyclic) bond motifs is 1. The maximum Gasteiger partial charge on any atom is 0.240 e. The molecule has 1 aliphatic rings. The van der Waals surface area contributed by atoms with E-state index in [1.165, 1.54) is 24.8 Å². The summed E-state index contributed by atoms with van der Waals surface area (Å²) < 4.78 is 45.9. The Morgan fingerprint density at radius 2 is 2.08 bits per heavy atom. The Morgan fingerprint density at radius 3 is 2.83 bits per heavy atom. The molecule has 0 amide bonds. The molecule has 1 atom stereocenters. The molecule has 0 aliphatic carbocycles. The molecule has 1 unspecified atom stereocenters. The summed E-state index contributed by atoms with van der Waals surface area (Å²) >= 11 is 0. The third-order valence-electron chi connectivity index (χ3n) is 4.13. The molecule has 1 aliphatic heterocycles. The quantitative estimate of drug-likeness (QED) is 0.866. The van der Waals surface area contributed by atoms with Crippen LogP contribution in [0.4, 0.5) is 4.39 Å². The van der Waals surface area contributed by atoms with Crippen molar-refractivity contribution in [2.24, 2.45) is 0 Å². The second kappa shape index (κ2) is 6.88. The van der Waals surface area contributed by atoms with E-state index >= 15 is 0 Å². The van der Waals surface area contributed by atoms with Crippen LogP contribution in [0, 0.1) is 5.82 Å². The second-order valence-corrected chi connectivity index (χ2v) is 7.37. The van der Waals surface area contributed by atoms with Gasteiger partial charge in [-0.25, -0.2) is 17.5 Å². The van der Waals surface area contributed by atoms with E-state index < -0.39 is 15.8 Å². The summed E-state index contributed by atoms with van der Waals surface area (Å²) in [5.41, 5.74) is 2.31. The van der Waals surface area contributed by atoms with Crippen LogP contribution in [0.3, 0.4) is 0 Å². The number of rotatable bonds is 5. The maximum atomic E-state index is 13.7. The highest BCUT2D eigenvalue weighted by atomic mass is 32.2. The monoisotopic (exact) mass is 350 g/mol. The van der Waals surface area contributed by atoms with Gasteiger partial charge in [0.2, 0.25) is 10.0 Å². The van der Waals surface area contributed by atoms with E-state index in [0.29, 0.717) is 0 Å². The summed E-state index contributed by atoms with van der Waals surface area (Å²) in [5.74, 6) is -0.696. The number of hydrogen-bond donors (Lipinski definition) is 2. The van der Waals surface area contributed by atoms with Crippen molar-refractivity contribution in [3.8, 4) is 5.75 Å². The van der Waals surface area contributed by atoms with E-state index in [0.717, 1.165) is 24.6 Å². The van der Waals surface area contributed by atoms with Gasteiger partial charge in [0.15, 0.2) is 11.6 Å². The standard InChI is InChI=1S/C17H19FN2O3S/c1-23-17-7-6-13(10-15(17)18)24(21,22)20-11-16-14-5-3-2-4-12(14)8-9-19-16/h2-7,10,16,19-20H,8-9,11H2,1H3. The lowest BCUT2D eigenvalue weighted by molar-refractivity contribution is 0.385. The minimum atomic E-state index is -3.80. The van der Waals surface area contributed by atoms with Crippen molar-refractivity contribution in [1.29, 1.82) is 0 Å². The van der Waals surface area contributed by atoms with Crippen molar-refractivity contribution in [2.75, 3.05) is 20.2 Å². The molecule has 0 saturated carbocycles. The molecule has 0 saturated heterocycles. The number of methoxy groups -OCH3 is 1. The zero-order valence-corrected chi connectivity index (χ0v) is 14.1. The normalized spacial score (nSPS) is 17.3. The van der Waals surface area contributed by atoms with Crippen molar-refractivity contribution in [3.05, 3.63) is 59.4 Å². The van der Waals surface area contributed by atoms with Gasteiger partial charge < -0.3 is 10.1 Å². The Labute approximate surface area is 140 Å². The molecule has 2 aromatic carbocycles. The first kappa shape index (κ1) is 16.9. The average molecular weight is 350 g/mol. The number of sulfonamides is 1. The average Bonchev–Trinajstić information content (AvgIpc) is 2.60. The van der Waals surface area contributed by atoms with Crippen LogP contribution in [0.2, 0.25) is 0 Å². The number of hydrogen-bond acceptors (Lipinski definition) is 4. The largest absolute Gasteiger partial charge is 0.494 e. The molecule has 2 N–H and O–H groups in total. The molecule has 1 heterocycles. The van der Waals surface area contributed by atoms with E-state index in [1.807, 2.05) is 18.2 Å². The van der Waals surface area contributed by atoms with Crippen LogP contribution >= 0.6 is 0 Å². The first-order valence-corrected chi connectivity index (χ1v) is 9.14. The fraction of sp³-hybridized carbons (Fsp3) is 0.294. The summed E-state index contributed by atoms with van der Waals surface area (Å²) in [5, 5.41) is 3.31. The first-order valence-electron chi connectivity index (χ1n) is 7.65. The SMILES string of the molecule is COc1ccc(S(=O)(=O)NCC2NCCc3ccccc32)cc1F. The zero-order valence-electron chi connectivity index (χ0n) is 13.3. The third-order valence-corrected chi connectivity index (χ3v) is 5.55. The van der Waals surface area contributed by atoms with Gasteiger partial charge in [0.1, 0.15) is 0 Å². The van der Waals surface area contributed by atoms with Crippen LogP contribution in [-0.4, -0.2) is 28.6 Å². The van der Waals surface area contributed by atoms with Gasteiger partial charge in [-0.2, -0.15) is 0 Å². The Balaban J connectivity index is 1.76. The van der Waals surface area contributed by atoms with Gasteiger partial charge in [-0.15, -0.1) is 0 Å². The van der Waals surface area contributed by atoms with Crippen LogP contribution in [0.1, 0.15) is 17.2 Å². The molecule has 0 fully saturated rings. The summed E-state index contributed by atoms with van der Waals surface area (Å²) in [7, 11) is -2.46. The Morgan fingerprint density at radius 1 is 1.29 bits per heavy atom. The van der Waals surface area contributed by atoms with Gasteiger partial charge in [0.05, 0.1) is 12.0 Å². The molecule has 128 valence electrons. The number of halogens is 1. The van der Waals surface area contributed by atoms with Crippen molar-refractivity contribution in [3.63, 3.8) is 0 Å². The fourth-order valence-corrected chi connectivity index (χ4v) is 3.92. The first-order chi connectivity index (χ1) is 11.5. The van der Waals surface area contributed by atoms with Gasteiger partial charge in [0, 0.05) is 12.6 Å². The van der Waals surface area contributed by atoms with Crippen LogP contribution in [0.25, 0.3) is 0 Å². The van der Waals surface area contributed by atoms with Crippen molar-refractivity contribution in [2.45, 2.75) is 17.4 Å². The van der Waals surface area contributed by atoms with Gasteiger partial charge in [-0.05, 0) is 42.3 Å². The fourth-order valence-electron chi connectivity index (χ4n) is 2.87. The van der Waals surface area contributed by atoms with Crippen LogP contribution in [0.5, 0.6) is 5.75 Å². The summed E-state index contributed by atoms with van der Waals surface area (Å²) in [6.45, 7) is 0.994. The number of benzene rings is 2. The van der Waals surface area contributed by atoms with Gasteiger partial charge >= 0.3 is 0 Å². The molecule has 0 radical (unpaired) electrons. The van der Waals surface area contributed by atoms with E-state index in [-0.39, 0.29) is 23.2 Å². The van der Waals surface area contributed by atoms with Crippen LogP contribution in [-0.2, 0) is 16.4 Å². The van der Waals surface area contributed by atoms with E-state index in [2.05, 4.69) is 16.1 Å². The summed E-state index contributed by atoms with van der Waals surface area (Å²) in [6.07, 6.45) is 0.920. The third kappa shape index (κ3) is 3.43. The predicted molar refractivity (Wildman–Crippen MR) is 89.0 cm³/mol. The molecule has 5 nitrogen and oxygen atoms in total. The lowest BCUT2D eigenvalue weighted by atomic mass is 9.95. The number of ether oxygens (including phenoxy) is 1. The number of nitrogens with one attached hydrogen (secondary N) is 2. The van der Waals surface area contributed by atoms with Crippen LogP contribution < -0.4 is 14.8 Å². The molecule has 0 aromatic heterocycles. The molecule has 7 heteroatoms. The Kier molecular flexibility index (Phi) is 4.84. The molecule has 3 rings (SSSR count). The molecular formula is C17H19FN2O3S. The topological polar surface area (TPSA) is 67.4 Å². The highest BCUT2D eigenvalue weighted by molar-refractivity contribution is 7.89. The molecule has 0 spiro atoms. The van der Waals surface area contributed by atoms with Gasteiger partial charge in [-0.1, -0.05) is 24.3 Å². The van der Waals surface area contributed by atoms with E-state index in [9.17, 15) is 12.8 Å². The summed E-state index contributed by atoms with van der Waals surface area (Å²) in [4.78, 5) is -0.120. The van der Waals surface area contributed by atoms with E-state index in [4.69, 9.17) is 4.74 Å². The zero-order chi connectivity index (χ0) is 17.2. The Bertz CT molecular complexity index is 839. The molecular weight excluding hydrogens is 331 g/mol. The Hall–Kier alpha value is -1.96. The maximum absolute atomic E-state index is 13.7. The van der Waals surface area contributed by atoms with Gasteiger partial charge in [0.25, 0.3) is 0 Å². The molecule has 2 aromatic rings. The van der Waals surface area contributed by atoms with Crippen LogP contribution in [0.15, 0.2) is 47.4 Å². The highest BCUT2D eigenvalue weighted by Gasteiger charge is 2.22. The van der Waals surface area contributed by atoms with E-state index in [1.54, 1.807) is 0 Å². The molecule has 0 bridgehead atoms.